The predicted molar refractivity (Wildman–Crippen MR) is 66.8 cm³/mol. The van der Waals surface area contributed by atoms with Crippen molar-refractivity contribution < 1.29 is 4.74 Å². The second-order valence-electron chi connectivity index (χ2n) is 3.77. The smallest absolute Gasteiger partial charge is 0.139 e. The molecule has 2 aromatic rings. The van der Waals surface area contributed by atoms with E-state index >= 15 is 0 Å². The number of aryl methyl sites for hydroxylation is 2. The van der Waals surface area contributed by atoms with Crippen molar-refractivity contribution in [3.63, 3.8) is 0 Å². The molecule has 0 aliphatic heterocycles. The normalized spacial score (nSPS) is 10.5. The molecule has 3 heteroatoms. The molecule has 0 saturated heterocycles. The van der Waals surface area contributed by atoms with Crippen molar-refractivity contribution in [2.75, 3.05) is 7.11 Å². The zero-order chi connectivity index (χ0) is 11.7. The van der Waals surface area contributed by atoms with Crippen LogP contribution in [0.2, 0.25) is 5.02 Å². The van der Waals surface area contributed by atoms with Gasteiger partial charge in [-0.1, -0.05) is 11.6 Å². The van der Waals surface area contributed by atoms with E-state index in [2.05, 4.69) is 30.5 Å². The first-order valence-electron chi connectivity index (χ1n) is 5.12. The van der Waals surface area contributed by atoms with Gasteiger partial charge in [0.15, 0.2) is 0 Å². The van der Waals surface area contributed by atoms with Gasteiger partial charge < -0.3 is 9.30 Å². The van der Waals surface area contributed by atoms with E-state index in [0.29, 0.717) is 10.8 Å². The summed E-state index contributed by atoms with van der Waals surface area (Å²) in [7, 11) is 1.63. The lowest BCUT2D eigenvalue weighted by Gasteiger charge is -2.11. The lowest BCUT2D eigenvalue weighted by Crippen LogP contribution is -1.99. The van der Waals surface area contributed by atoms with Gasteiger partial charge >= 0.3 is 0 Å². The van der Waals surface area contributed by atoms with Crippen molar-refractivity contribution in [3.05, 3.63) is 46.7 Å². The molecule has 0 aliphatic rings. The highest BCUT2D eigenvalue weighted by atomic mass is 35.5. The van der Waals surface area contributed by atoms with E-state index < -0.39 is 0 Å². The molecule has 1 aromatic carbocycles. The molecule has 16 heavy (non-hydrogen) atoms. The molecule has 2 nitrogen and oxygen atoms in total. The van der Waals surface area contributed by atoms with Crippen LogP contribution in [0, 0.1) is 13.8 Å². The molecule has 0 N–H and O–H groups in total. The van der Waals surface area contributed by atoms with E-state index in [1.54, 1.807) is 7.11 Å². The number of ether oxygens (including phenoxy) is 1. The molecule has 0 atom stereocenters. The lowest BCUT2D eigenvalue weighted by molar-refractivity contribution is 0.415. The van der Waals surface area contributed by atoms with Crippen LogP contribution in [0.1, 0.15) is 11.4 Å². The van der Waals surface area contributed by atoms with E-state index in [9.17, 15) is 0 Å². The Morgan fingerprint density at radius 3 is 2.25 bits per heavy atom. The van der Waals surface area contributed by atoms with Crippen molar-refractivity contribution in [1.82, 2.24) is 4.57 Å². The van der Waals surface area contributed by atoms with Crippen LogP contribution in [0.15, 0.2) is 30.3 Å². The maximum atomic E-state index is 6.00. The summed E-state index contributed by atoms with van der Waals surface area (Å²) in [4.78, 5) is 0. The minimum atomic E-state index is 0.633. The van der Waals surface area contributed by atoms with Gasteiger partial charge in [0, 0.05) is 23.1 Å². The molecule has 0 spiro atoms. The van der Waals surface area contributed by atoms with Gasteiger partial charge in [0.25, 0.3) is 0 Å². The third kappa shape index (κ3) is 1.81. The highest BCUT2D eigenvalue weighted by Gasteiger charge is 2.07. The van der Waals surface area contributed by atoms with E-state index in [4.69, 9.17) is 16.3 Å². The molecule has 0 fully saturated rings. The van der Waals surface area contributed by atoms with Crippen molar-refractivity contribution >= 4 is 11.6 Å². The summed E-state index contributed by atoms with van der Waals surface area (Å²) in [6.07, 6.45) is 0. The van der Waals surface area contributed by atoms with Gasteiger partial charge in [-0.3, -0.25) is 0 Å². The van der Waals surface area contributed by atoms with Gasteiger partial charge in [-0.2, -0.15) is 0 Å². The van der Waals surface area contributed by atoms with Crippen LogP contribution in [0.4, 0.5) is 0 Å². The van der Waals surface area contributed by atoms with Crippen molar-refractivity contribution in [2.45, 2.75) is 13.8 Å². The minimum Gasteiger partial charge on any atom is -0.495 e. The summed E-state index contributed by atoms with van der Waals surface area (Å²) in [5.74, 6) is 0.701. The van der Waals surface area contributed by atoms with E-state index in [0.717, 1.165) is 5.69 Å². The Morgan fingerprint density at radius 2 is 1.69 bits per heavy atom. The fourth-order valence-electron chi connectivity index (χ4n) is 1.86. The third-order valence-electron chi connectivity index (χ3n) is 2.66. The van der Waals surface area contributed by atoms with Gasteiger partial charge in [0.2, 0.25) is 0 Å². The summed E-state index contributed by atoms with van der Waals surface area (Å²) in [6.45, 7) is 4.15. The Morgan fingerprint density at radius 1 is 1.06 bits per heavy atom. The van der Waals surface area contributed by atoms with Crippen LogP contribution in [-0.2, 0) is 0 Å². The van der Waals surface area contributed by atoms with Gasteiger partial charge in [-0.25, -0.2) is 0 Å². The fraction of sp³-hybridized carbons (Fsp3) is 0.231. The Balaban J connectivity index is 2.57. The Kier molecular flexibility index (Phi) is 2.92. The van der Waals surface area contributed by atoms with E-state index in [1.165, 1.54) is 11.4 Å². The Labute approximate surface area is 100 Å². The summed E-state index contributed by atoms with van der Waals surface area (Å²) < 4.78 is 7.38. The van der Waals surface area contributed by atoms with Gasteiger partial charge in [0.05, 0.1) is 12.1 Å². The maximum Gasteiger partial charge on any atom is 0.139 e. The molecule has 1 heterocycles. The SMILES string of the molecule is COc1cc(-n2c(C)ccc2C)ccc1Cl. The first-order valence-corrected chi connectivity index (χ1v) is 5.50. The van der Waals surface area contributed by atoms with Crippen LogP contribution >= 0.6 is 11.6 Å². The zero-order valence-electron chi connectivity index (χ0n) is 9.62. The van der Waals surface area contributed by atoms with Crippen LogP contribution < -0.4 is 4.74 Å². The van der Waals surface area contributed by atoms with Crippen LogP contribution in [0.3, 0.4) is 0 Å². The highest BCUT2D eigenvalue weighted by molar-refractivity contribution is 6.32. The molecule has 0 saturated carbocycles. The van der Waals surface area contributed by atoms with E-state index in [-0.39, 0.29) is 0 Å². The first kappa shape index (κ1) is 11.1. The first-order chi connectivity index (χ1) is 7.63. The van der Waals surface area contributed by atoms with Crippen LogP contribution in [0.5, 0.6) is 5.75 Å². The molecule has 1 aromatic heterocycles. The number of rotatable bonds is 2. The largest absolute Gasteiger partial charge is 0.495 e. The van der Waals surface area contributed by atoms with Crippen LogP contribution in [-0.4, -0.2) is 11.7 Å². The van der Waals surface area contributed by atoms with Crippen molar-refractivity contribution in [1.29, 1.82) is 0 Å². The van der Waals surface area contributed by atoms with E-state index in [1.807, 2.05) is 18.2 Å². The maximum absolute atomic E-state index is 6.00. The summed E-state index contributed by atoms with van der Waals surface area (Å²) in [5, 5.41) is 0.633. The molecule has 84 valence electrons. The number of hydrogen-bond acceptors (Lipinski definition) is 1. The number of methoxy groups -OCH3 is 1. The summed E-state index contributed by atoms with van der Waals surface area (Å²) >= 11 is 6.00. The second-order valence-corrected chi connectivity index (χ2v) is 4.18. The Hall–Kier alpha value is -1.41. The molecular formula is C13H14ClNO. The number of aromatic nitrogens is 1. The number of hydrogen-bond donors (Lipinski definition) is 0. The Bertz CT molecular complexity index is 497. The number of halogens is 1. The van der Waals surface area contributed by atoms with Gasteiger partial charge in [-0.15, -0.1) is 0 Å². The topological polar surface area (TPSA) is 14.2 Å². The summed E-state index contributed by atoms with van der Waals surface area (Å²) in [6, 6.07) is 9.98. The molecule has 0 amide bonds. The molecule has 0 aliphatic carbocycles. The van der Waals surface area contributed by atoms with Crippen molar-refractivity contribution in [3.8, 4) is 11.4 Å². The fourth-order valence-corrected chi connectivity index (χ4v) is 2.06. The monoisotopic (exact) mass is 235 g/mol. The lowest BCUT2D eigenvalue weighted by atomic mass is 10.3. The average Bonchev–Trinajstić information content (AvgIpc) is 2.60. The summed E-state index contributed by atoms with van der Waals surface area (Å²) in [5.41, 5.74) is 3.46. The van der Waals surface area contributed by atoms with Gasteiger partial charge in [0.1, 0.15) is 5.75 Å². The van der Waals surface area contributed by atoms with Crippen LogP contribution in [0.25, 0.3) is 5.69 Å². The molecule has 0 bridgehead atoms. The molecule has 0 unspecified atom stereocenters. The molecule has 2 rings (SSSR count). The van der Waals surface area contributed by atoms with Gasteiger partial charge in [-0.05, 0) is 38.1 Å². The number of nitrogens with zero attached hydrogens (tertiary/aromatic N) is 1. The average molecular weight is 236 g/mol. The quantitative estimate of drug-likeness (QED) is 0.773. The second kappa shape index (κ2) is 4.22. The highest BCUT2D eigenvalue weighted by Crippen LogP contribution is 2.28. The number of benzene rings is 1. The van der Waals surface area contributed by atoms with Crippen molar-refractivity contribution in [2.24, 2.45) is 0 Å². The molecular weight excluding hydrogens is 222 g/mol. The minimum absolute atomic E-state index is 0.633. The standard InChI is InChI=1S/C13H14ClNO/c1-9-4-5-10(2)15(9)11-6-7-12(14)13(8-11)16-3/h4-8H,1-3H3. The predicted octanol–water partition coefficient (Wildman–Crippen LogP) is 3.76. The zero-order valence-corrected chi connectivity index (χ0v) is 10.4. The molecule has 0 radical (unpaired) electrons. The third-order valence-corrected chi connectivity index (χ3v) is 2.98.